The maximum atomic E-state index is 13.6. The van der Waals surface area contributed by atoms with Crippen LogP contribution < -0.4 is 10.6 Å². The number of hydrogen-bond acceptors (Lipinski definition) is 5. The van der Waals surface area contributed by atoms with Crippen molar-refractivity contribution in [1.82, 2.24) is 15.2 Å². The number of thiazole rings is 1. The Hall–Kier alpha value is -2.39. The summed E-state index contributed by atoms with van der Waals surface area (Å²) in [7, 11) is 0. The van der Waals surface area contributed by atoms with Gasteiger partial charge in [-0.3, -0.25) is 14.9 Å². The smallest absolute Gasteiger partial charge is 0.270 e. The van der Waals surface area contributed by atoms with Gasteiger partial charge in [0, 0.05) is 18.5 Å². The van der Waals surface area contributed by atoms with E-state index in [0.29, 0.717) is 6.54 Å². The number of aromatic nitrogens is 1. The van der Waals surface area contributed by atoms with E-state index in [-0.39, 0.29) is 16.7 Å². The van der Waals surface area contributed by atoms with E-state index >= 15 is 0 Å². The topological polar surface area (TPSA) is 74.3 Å². The summed E-state index contributed by atoms with van der Waals surface area (Å²) in [6.45, 7) is 3.40. The molecule has 0 radical (unpaired) electrons. The molecule has 2 heterocycles. The van der Waals surface area contributed by atoms with Crippen LogP contribution in [0.15, 0.2) is 23.6 Å². The third kappa shape index (κ3) is 5.08. The van der Waals surface area contributed by atoms with Crippen LogP contribution in [0.1, 0.15) is 40.1 Å². The van der Waals surface area contributed by atoms with E-state index < -0.39 is 23.1 Å². The molecule has 1 saturated heterocycles. The number of carbonyl (C=O) groups is 2. The first kappa shape index (κ1) is 19.4. The Morgan fingerprint density at radius 3 is 2.52 bits per heavy atom. The van der Waals surface area contributed by atoms with Crippen molar-refractivity contribution >= 4 is 28.3 Å². The summed E-state index contributed by atoms with van der Waals surface area (Å²) in [5.41, 5.74) is -0.525. The first-order chi connectivity index (χ1) is 13.0. The Bertz CT molecular complexity index is 801. The third-order valence-corrected chi connectivity index (χ3v) is 5.07. The zero-order valence-corrected chi connectivity index (χ0v) is 15.5. The molecule has 0 spiro atoms. The van der Waals surface area contributed by atoms with Crippen LogP contribution in [-0.2, 0) is 0 Å². The SMILES string of the molecule is O=C(NCCN1CCCCC1)c1csc(NC(=O)c2c(F)cccc2F)n1. The van der Waals surface area contributed by atoms with Gasteiger partial charge in [-0.2, -0.15) is 0 Å². The van der Waals surface area contributed by atoms with Crippen molar-refractivity contribution in [2.75, 3.05) is 31.5 Å². The van der Waals surface area contributed by atoms with Crippen molar-refractivity contribution in [3.8, 4) is 0 Å². The van der Waals surface area contributed by atoms with Crippen LogP contribution in [0.5, 0.6) is 0 Å². The fraction of sp³-hybridized carbons (Fsp3) is 0.389. The molecule has 0 aliphatic carbocycles. The first-order valence-electron chi connectivity index (χ1n) is 8.76. The number of amides is 2. The van der Waals surface area contributed by atoms with Gasteiger partial charge in [-0.05, 0) is 38.1 Å². The molecule has 144 valence electrons. The van der Waals surface area contributed by atoms with Gasteiger partial charge >= 0.3 is 0 Å². The summed E-state index contributed by atoms with van der Waals surface area (Å²) >= 11 is 1.01. The van der Waals surface area contributed by atoms with E-state index in [1.165, 1.54) is 30.7 Å². The molecule has 1 aromatic carbocycles. The predicted molar refractivity (Wildman–Crippen MR) is 99.0 cm³/mol. The molecule has 9 heteroatoms. The molecule has 2 aromatic rings. The largest absolute Gasteiger partial charge is 0.349 e. The first-order valence-corrected chi connectivity index (χ1v) is 9.64. The van der Waals surface area contributed by atoms with Crippen molar-refractivity contribution in [1.29, 1.82) is 0 Å². The molecular formula is C18H20F2N4O2S. The minimum atomic E-state index is -0.959. The summed E-state index contributed by atoms with van der Waals surface area (Å²) in [5, 5.41) is 6.71. The zero-order valence-electron chi connectivity index (χ0n) is 14.6. The van der Waals surface area contributed by atoms with Crippen molar-refractivity contribution in [2.24, 2.45) is 0 Å². The fourth-order valence-electron chi connectivity index (χ4n) is 2.91. The van der Waals surface area contributed by atoms with Crippen LogP contribution in [0.25, 0.3) is 0 Å². The highest BCUT2D eigenvalue weighted by Gasteiger charge is 2.19. The number of benzene rings is 1. The van der Waals surface area contributed by atoms with Gasteiger partial charge in [0.05, 0.1) is 0 Å². The van der Waals surface area contributed by atoms with Crippen LogP contribution in [0, 0.1) is 11.6 Å². The molecule has 1 aromatic heterocycles. The van der Waals surface area contributed by atoms with E-state index in [1.807, 2.05) is 0 Å². The Labute approximate surface area is 159 Å². The summed E-state index contributed by atoms with van der Waals surface area (Å²) in [4.78, 5) is 30.5. The molecule has 0 bridgehead atoms. The molecular weight excluding hydrogens is 374 g/mol. The minimum Gasteiger partial charge on any atom is -0.349 e. The second-order valence-electron chi connectivity index (χ2n) is 6.25. The number of hydrogen-bond donors (Lipinski definition) is 2. The molecule has 1 aliphatic heterocycles. The molecule has 0 unspecified atom stereocenters. The molecule has 1 fully saturated rings. The lowest BCUT2D eigenvalue weighted by Gasteiger charge is -2.26. The van der Waals surface area contributed by atoms with Gasteiger partial charge in [0.2, 0.25) is 0 Å². The minimum absolute atomic E-state index is 0.101. The van der Waals surface area contributed by atoms with Crippen molar-refractivity contribution in [3.05, 3.63) is 46.5 Å². The summed E-state index contributed by atoms with van der Waals surface area (Å²) in [6, 6.07) is 3.18. The number of piperidine rings is 1. The number of anilines is 1. The van der Waals surface area contributed by atoms with E-state index in [9.17, 15) is 18.4 Å². The average molecular weight is 394 g/mol. The molecule has 2 amide bonds. The molecule has 1 aliphatic rings. The second-order valence-corrected chi connectivity index (χ2v) is 7.10. The van der Waals surface area contributed by atoms with Crippen molar-refractivity contribution < 1.29 is 18.4 Å². The van der Waals surface area contributed by atoms with Crippen LogP contribution in [0.2, 0.25) is 0 Å². The van der Waals surface area contributed by atoms with Crippen molar-refractivity contribution in [3.63, 3.8) is 0 Å². The molecule has 0 atom stereocenters. The van der Waals surface area contributed by atoms with Crippen LogP contribution in [0.3, 0.4) is 0 Å². The van der Waals surface area contributed by atoms with E-state index in [1.54, 1.807) is 0 Å². The molecule has 3 rings (SSSR count). The Balaban J connectivity index is 1.53. The lowest BCUT2D eigenvalue weighted by molar-refractivity contribution is 0.0940. The number of nitrogens with zero attached hydrogens (tertiary/aromatic N) is 2. The number of halogens is 2. The predicted octanol–water partition coefficient (Wildman–Crippen LogP) is 2.89. The monoisotopic (exact) mass is 394 g/mol. The summed E-state index contributed by atoms with van der Waals surface area (Å²) in [6.07, 6.45) is 3.63. The van der Waals surface area contributed by atoms with Crippen LogP contribution in [-0.4, -0.2) is 47.9 Å². The number of rotatable bonds is 6. The highest BCUT2D eigenvalue weighted by molar-refractivity contribution is 7.14. The van der Waals surface area contributed by atoms with Crippen LogP contribution >= 0.6 is 11.3 Å². The maximum absolute atomic E-state index is 13.6. The second kappa shape index (κ2) is 9.01. The number of nitrogens with one attached hydrogen (secondary N) is 2. The van der Waals surface area contributed by atoms with Gasteiger partial charge in [-0.25, -0.2) is 13.8 Å². The van der Waals surface area contributed by atoms with E-state index in [0.717, 1.165) is 43.1 Å². The van der Waals surface area contributed by atoms with Gasteiger partial charge in [-0.15, -0.1) is 11.3 Å². The Kier molecular flexibility index (Phi) is 6.46. The van der Waals surface area contributed by atoms with Gasteiger partial charge in [0.1, 0.15) is 22.9 Å². The highest BCUT2D eigenvalue weighted by Crippen LogP contribution is 2.19. The van der Waals surface area contributed by atoms with Gasteiger partial charge in [-0.1, -0.05) is 12.5 Å². The standard InChI is InChI=1S/C18H20F2N4O2S/c19-12-5-4-6-13(20)15(12)17(26)23-18-22-14(11-27-18)16(25)21-7-10-24-8-2-1-3-9-24/h4-6,11H,1-3,7-10H2,(H,21,25)(H,22,23,26). The quantitative estimate of drug-likeness (QED) is 0.790. The average Bonchev–Trinajstić information content (AvgIpc) is 3.11. The van der Waals surface area contributed by atoms with Gasteiger partial charge in [0.15, 0.2) is 5.13 Å². The number of likely N-dealkylation sites (tertiary alicyclic amines) is 1. The van der Waals surface area contributed by atoms with E-state index in [4.69, 9.17) is 0 Å². The lowest BCUT2D eigenvalue weighted by Crippen LogP contribution is -2.37. The molecule has 0 saturated carbocycles. The fourth-order valence-corrected chi connectivity index (χ4v) is 3.60. The Morgan fingerprint density at radius 1 is 1.11 bits per heavy atom. The normalized spacial score (nSPS) is 14.7. The molecule has 6 nitrogen and oxygen atoms in total. The van der Waals surface area contributed by atoms with Gasteiger partial charge < -0.3 is 10.2 Å². The highest BCUT2D eigenvalue weighted by atomic mass is 32.1. The van der Waals surface area contributed by atoms with Crippen molar-refractivity contribution in [2.45, 2.75) is 19.3 Å². The van der Waals surface area contributed by atoms with E-state index in [2.05, 4.69) is 20.5 Å². The van der Waals surface area contributed by atoms with Crippen LogP contribution in [0.4, 0.5) is 13.9 Å². The molecule has 2 N–H and O–H groups in total. The third-order valence-electron chi connectivity index (χ3n) is 4.31. The Morgan fingerprint density at radius 2 is 1.81 bits per heavy atom. The summed E-state index contributed by atoms with van der Waals surface area (Å²) < 4.78 is 27.3. The van der Waals surface area contributed by atoms with Gasteiger partial charge in [0.25, 0.3) is 11.8 Å². The zero-order chi connectivity index (χ0) is 19.2. The lowest BCUT2D eigenvalue weighted by atomic mass is 10.1. The maximum Gasteiger partial charge on any atom is 0.270 e. The number of carbonyl (C=O) groups excluding carboxylic acids is 2. The summed E-state index contributed by atoms with van der Waals surface area (Å²) in [5.74, 6) is -3.21. The molecule has 27 heavy (non-hydrogen) atoms.